The number of imidazole rings is 1. The van der Waals surface area contributed by atoms with Gasteiger partial charge in [-0.3, -0.25) is 5.41 Å². The molecule has 0 aliphatic carbocycles. The minimum atomic E-state index is -0.503. The van der Waals surface area contributed by atoms with Crippen LogP contribution in [0.2, 0.25) is 0 Å². The Hall–Kier alpha value is -1.57. The summed E-state index contributed by atoms with van der Waals surface area (Å²) in [6.07, 6.45) is 1.20. The molecule has 1 aromatic heterocycles. The number of aryl methyl sites for hydroxylation is 1. The molecule has 0 spiro atoms. The summed E-state index contributed by atoms with van der Waals surface area (Å²) in [7, 11) is 0. The molecular formula is C7H11N5O2S. The number of nitrogens with zero attached hydrogens (tertiary/aromatic N) is 3. The molecule has 82 valence electrons. The van der Waals surface area contributed by atoms with Crippen molar-refractivity contribution in [2.24, 2.45) is 5.73 Å². The van der Waals surface area contributed by atoms with Crippen LogP contribution in [0.25, 0.3) is 0 Å². The summed E-state index contributed by atoms with van der Waals surface area (Å²) in [6, 6.07) is 0. The van der Waals surface area contributed by atoms with Crippen molar-refractivity contribution < 1.29 is 4.92 Å². The van der Waals surface area contributed by atoms with Gasteiger partial charge in [0.25, 0.3) is 0 Å². The highest BCUT2D eigenvalue weighted by molar-refractivity contribution is 8.13. The number of thioether (sulfide) groups is 1. The molecule has 1 aromatic rings. The van der Waals surface area contributed by atoms with Gasteiger partial charge in [-0.1, -0.05) is 0 Å². The summed E-state index contributed by atoms with van der Waals surface area (Å²) in [5.41, 5.74) is 5.22. The van der Waals surface area contributed by atoms with Gasteiger partial charge in [-0.25, -0.2) is 4.98 Å². The predicted octanol–water partition coefficient (Wildman–Crippen LogP) is 1.24. The van der Waals surface area contributed by atoms with E-state index in [0.29, 0.717) is 5.82 Å². The van der Waals surface area contributed by atoms with Crippen LogP contribution in [0.1, 0.15) is 18.1 Å². The number of aromatic nitrogens is 2. The average Bonchev–Trinajstić information content (AvgIpc) is 2.45. The molecule has 0 aliphatic heterocycles. The molecule has 1 atom stereocenters. The van der Waals surface area contributed by atoms with Crippen molar-refractivity contribution in [3.05, 3.63) is 22.1 Å². The number of amidine groups is 1. The molecule has 8 heteroatoms. The standard InChI is InChI=1S/C7H11N5O2S/c1-4-10-3-6(12(13)14)11(4)5(2)15-7(8)9/h3,5H,1-2H3,(H3,8,9). The predicted molar refractivity (Wildman–Crippen MR) is 57.8 cm³/mol. The molecule has 1 heterocycles. The maximum Gasteiger partial charge on any atom is 0.343 e. The molecule has 3 N–H and O–H groups in total. The van der Waals surface area contributed by atoms with E-state index in [2.05, 4.69) is 4.98 Å². The van der Waals surface area contributed by atoms with Crippen molar-refractivity contribution in [1.82, 2.24) is 9.55 Å². The molecular weight excluding hydrogens is 218 g/mol. The lowest BCUT2D eigenvalue weighted by molar-refractivity contribution is -0.392. The molecule has 15 heavy (non-hydrogen) atoms. The minimum absolute atomic E-state index is 0.0788. The van der Waals surface area contributed by atoms with Crippen LogP contribution in [0.15, 0.2) is 6.20 Å². The van der Waals surface area contributed by atoms with E-state index in [1.807, 2.05) is 0 Å². The summed E-state index contributed by atoms with van der Waals surface area (Å²) < 4.78 is 1.44. The first-order valence-electron chi connectivity index (χ1n) is 4.12. The monoisotopic (exact) mass is 229 g/mol. The van der Waals surface area contributed by atoms with Crippen molar-refractivity contribution in [2.75, 3.05) is 0 Å². The quantitative estimate of drug-likeness (QED) is 0.350. The Balaban J connectivity index is 3.05. The number of nitrogens with two attached hydrogens (primary N) is 1. The lowest BCUT2D eigenvalue weighted by Crippen LogP contribution is -2.13. The maximum atomic E-state index is 10.7. The summed E-state index contributed by atoms with van der Waals surface area (Å²) in [6.45, 7) is 3.40. The number of hydrogen-bond donors (Lipinski definition) is 2. The van der Waals surface area contributed by atoms with Crippen molar-refractivity contribution in [1.29, 1.82) is 5.41 Å². The maximum absolute atomic E-state index is 10.7. The molecule has 0 fully saturated rings. The zero-order chi connectivity index (χ0) is 11.6. The van der Waals surface area contributed by atoms with Gasteiger partial charge in [-0.15, -0.1) is 0 Å². The van der Waals surface area contributed by atoms with Crippen LogP contribution in [0.4, 0.5) is 5.82 Å². The number of rotatable bonds is 3. The average molecular weight is 229 g/mol. The van der Waals surface area contributed by atoms with E-state index in [4.69, 9.17) is 11.1 Å². The van der Waals surface area contributed by atoms with E-state index in [-0.39, 0.29) is 16.4 Å². The fourth-order valence-corrected chi connectivity index (χ4v) is 2.00. The first kappa shape index (κ1) is 11.5. The van der Waals surface area contributed by atoms with Crippen LogP contribution in [0.5, 0.6) is 0 Å². The number of nitro groups is 1. The molecule has 1 unspecified atom stereocenters. The summed E-state index contributed by atoms with van der Waals surface area (Å²) in [5, 5.41) is 17.4. The highest BCUT2D eigenvalue weighted by Gasteiger charge is 2.23. The van der Waals surface area contributed by atoms with Gasteiger partial charge in [0.2, 0.25) is 0 Å². The van der Waals surface area contributed by atoms with Gasteiger partial charge in [0.15, 0.2) is 16.4 Å². The molecule has 1 rings (SSSR count). The Morgan fingerprint density at radius 1 is 1.87 bits per heavy atom. The van der Waals surface area contributed by atoms with Crippen LogP contribution >= 0.6 is 11.8 Å². The first-order valence-corrected chi connectivity index (χ1v) is 5.00. The normalized spacial score (nSPS) is 12.4. The van der Waals surface area contributed by atoms with Gasteiger partial charge in [0.1, 0.15) is 6.20 Å². The lowest BCUT2D eigenvalue weighted by Gasteiger charge is -2.09. The molecule has 0 amide bonds. The van der Waals surface area contributed by atoms with E-state index in [0.717, 1.165) is 11.8 Å². The second kappa shape index (κ2) is 4.30. The van der Waals surface area contributed by atoms with E-state index >= 15 is 0 Å². The third-order valence-corrected chi connectivity index (χ3v) is 2.62. The van der Waals surface area contributed by atoms with Gasteiger partial charge < -0.3 is 15.8 Å². The van der Waals surface area contributed by atoms with E-state index in [1.165, 1.54) is 10.8 Å². The Labute approximate surface area is 90.3 Å². The van der Waals surface area contributed by atoms with E-state index < -0.39 is 4.92 Å². The van der Waals surface area contributed by atoms with Gasteiger partial charge in [-0.05, 0) is 23.6 Å². The summed E-state index contributed by atoms with van der Waals surface area (Å²) >= 11 is 1.04. The SMILES string of the molecule is Cc1ncc([N+](=O)[O-])n1C(C)SC(=N)N. The third kappa shape index (κ3) is 2.46. The molecule has 7 nitrogen and oxygen atoms in total. The third-order valence-electron chi connectivity index (χ3n) is 1.81. The van der Waals surface area contributed by atoms with E-state index in [1.54, 1.807) is 13.8 Å². The summed E-state index contributed by atoms with van der Waals surface area (Å²) in [4.78, 5) is 14.0. The zero-order valence-corrected chi connectivity index (χ0v) is 9.11. The Kier molecular flexibility index (Phi) is 3.30. The van der Waals surface area contributed by atoms with Crippen molar-refractivity contribution in [3.63, 3.8) is 0 Å². The first-order chi connectivity index (χ1) is 6.93. The van der Waals surface area contributed by atoms with Gasteiger partial charge in [0.05, 0.1) is 0 Å². The highest BCUT2D eigenvalue weighted by Crippen LogP contribution is 2.28. The van der Waals surface area contributed by atoms with Crippen molar-refractivity contribution in [3.8, 4) is 0 Å². The van der Waals surface area contributed by atoms with E-state index in [9.17, 15) is 10.1 Å². The Morgan fingerprint density at radius 3 is 2.93 bits per heavy atom. The molecule has 0 radical (unpaired) electrons. The minimum Gasteiger partial charge on any atom is -0.379 e. The number of hydrogen-bond acceptors (Lipinski definition) is 5. The molecule has 0 saturated heterocycles. The molecule has 0 bridgehead atoms. The van der Waals surface area contributed by atoms with Crippen LogP contribution in [0.3, 0.4) is 0 Å². The number of nitrogens with one attached hydrogen (secondary N) is 1. The molecule has 0 aromatic carbocycles. The molecule has 0 saturated carbocycles. The second-order valence-corrected chi connectivity index (χ2v) is 4.23. The van der Waals surface area contributed by atoms with Gasteiger partial charge in [0, 0.05) is 6.92 Å². The fraction of sp³-hybridized carbons (Fsp3) is 0.429. The fourth-order valence-electron chi connectivity index (χ4n) is 1.26. The largest absolute Gasteiger partial charge is 0.379 e. The Bertz CT molecular complexity index is 402. The van der Waals surface area contributed by atoms with Crippen LogP contribution in [0, 0.1) is 22.4 Å². The van der Waals surface area contributed by atoms with Gasteiger partial charge >= 0.3 is 5.82 Å². The summed E-state index contributed by atoms with van der Waals surface area (Å²) in [5.74, 6) is 0.441. The van der Waals surface area contributed by atoms with Crippen LogP contribution in [-0.4, -0.2) is 19.6 Å². The molecule has 0 aliphatic rings. The smallest absolute Gasteiger partial charge is 0.343 e. The van der Waals surface area contributed by atoms with Crippen molar-refractivity contribution in [2.45, 2.75) is 19.2 Å². The Morgan fingerprint density at radius 2 is 2.47 bits per heavy atom. The highest BCUT2D eigenvalue weighted by atomic mass is 32.2. The van der Waals surface area contributed by atoms with Crippen LogP contribution in [-0.2, 0) is 0 Å². The van der Waals surface area contributed by atoms with Crippen LogP contribution < -0.4 is 5.73 Å². The second-order valence-electron chi connectivity index (χ2n) is 2.87. The van der Waals surface area contributed by atoms with Gasteiger partial charge in [-0.2, -0.15) is 4.57 Å². The van der Waals surface area contributed by atoms with Crippen molar-refractivity contribution >= 4 is 22.7 Å². The topological polar surface area (TPSA) is 111 Å². The lowest BCUT2D eigenvalue weighted by atomic mass is 10.6. The zero-order valence-electron chi connectivity index (χ0n) is 8.30.